The summed E-state index contributed by atoms with van der Waals surface area (Å²) in [6.45, 7) is 0.781. The van der Waals surface area contributed by atoms with E-state index in [1.165, 1.54) is 0 Å². The maximum absolute atomic E-state index is 12.5. The van der Waals surface area contributed by atoms with E-state index in [4.69, 9.17) is 32.7 Å². The summed E-state index contributed by atoms with van der Waals surface area (Å²) in [7, 11) is 0. The second-order valence-electron chi connectivity index (χ2n) is 7.72. The van der Waals surface area contributed by atoms with Crippen LogP contribution >= 0.6 is 39.1 Å². The number of ether oxygens (including phenoxy) is 2. The molecule has 1 amide bonds. The number of rotatable bonds is 7. The monoisotopic (exact) mass is 563 g/mol. The summed E-state index contributed by atoms with van der Waals surface area (Å²) in [5, 5.41) is 13.2. The molecule has 0 saturated heterocycles. The van der Waals surface area contributed by atoms with Crippen molar-refractivity contribution < 1.29 is 24.2 Å². The Morgan fingerprint density at radius 2 is 1.88 bits per heavy atom. The number of hydrogen-bond acceptors (Lipinski definition) is 4. The molecule has 0 bridgehead atoms. The topological polar surface area (TPSA) is 84.9 Å². The first-order valence-electron chi connectivity index (χ1n) is 10.5. The van der Waals surface area contributed by atoms with E-state index < -0.39 is 11.9 Å². The smallest absolute Gasteiger partial charge is 0.311 e. The minimum atomic E-state index is -0.913. The van der Waals surface area contributed by atoms with Crippen LogP contribution in [0, 0.1) is 0 Å². The molecular formula is C25H20BrCl2NO5. The van der Waals surface area contributed by atoms with Crippen LogP contribution in [0.4, 0.5) is 0 Å². The maximum Gasteiger partial charge on any atom is 0.311 e. The Balaban J connectivity index is 1.38. The van der Waals surface area contributed by atoms with Crippen LogP contribution in [-0.2, 0) is 11.2 Å². The molecule has 1 heterocycles. The number of nitrogens with one attached hydrogen (secondary N) is 1. The van der Waals surface area contributed by atoms with Crippen LogP contribution in [-0.4, -0.2) is 30.1 Å². The molecule has 3 aromatic carbocycles. The SMILES string of the molecule is O=C(NCCc1ccc(Cl)cc1Br)c1ccc(Oc2cc3c(cc2Cl)C(C(=O)O)CCO3)cc1. The quantitative estimate of drug-likeness (QED) is 0.343. The van der Waals surface area contributed by atoms with Gasteiger partial charge >= 0.3 is 5.97 Å². The molecule has 1 aliphatic heterocycles. The summed E-state index contributed by atoms with van der Waals surface area (Å²) in [6, 6.07) is 15.4. The number of carbonyl (C=O) groups excluding carboxylic acids is 1. The molecular weight excluding hydrogens is 545 g/mol. The normalized spacial score (nSPS) is 14.6. The fraction of sp³-hybridized carbons (Fsp3) is 0.200. The van der Waals surface area contributed by atoms with E-state index in [0.717, 1.165) is 10.0 Å². The van der Waals surface area contributed by atoms with Crippen molar-refractivity contribution in [2.45, 2.75) is 18.8 Å². The molecule has 0 saturated carbocycles. The van der Waals surface area contributed by atoms with Gasteiger partial charge < -0.3 is 19.9 Å². The number of fused-ring (bicyclic) bond motifs is 1. The number of halogens is 3. The molecule has 0 radical (unpaired) electrons. The third-order valence-corrected chi connectivity index (χ3v) is 6.71. The molecule has 9 heteroatoms. The Labute approximate surface area is 214 Å². The number of carbonyl (C=O) groups is 2. The minimum absolute atomic E-state index is 0.198. The van der Waals surface area contributed by atoms with Crippen molar-refractivity contribution in [1.29, 1.82) is 0 Å². The van der Waals surface area contributed by atoms with Crippen LogP contribution < -0.4 is 14.8 Å². The van der Waals surface area contributed by atoms with Gasteiger partial charge in [-0.25, -0.2) is 0 Å². The third kappa shape index (κ3) is 5.66. The van der Waals surface area contributed by atoms with Crippen molar-refractivity contribution in [3.05, 3.63) is 85.8 Å². The summed E-state index contributed by atoms with van der Waals surface area (Å²) >= 11 is 15.8. The summed E-state index contributed by atoms with van der Waals surface area (Å²) in [6.07, 6.45) is 1.05. The fourth-order valence-electron chi connectivity index (χ4n) is 3.66. The first kappa shape index (κ1) is 24.4. The summed E-state index contributed by atoms with van der Waals surface area (Å²) in [4.78, 5) is 24.0. The van der Waals surface area contributed by atoms with Gasteiger partial charge in [0.2, 0.25) is 0 Å². The van der Waals surface area contributed by atoms with Gasteiger partial charge in [-0.15, -0.1) is 0 Å². The van der Waals surface area contributed by atoms with E-state index in [0.29, 0.717) is 59.4 Å². The second-order valence-corrected chi connectivity index (χ2v) is 9.41. The van der Waals surface area contributed by atoms with Crippen molar-refractivity contribution in [2.75, 3.05) is 13.2 Å². The summed E-state index contributed by atoms with van der Waals surface area (Å²) < 4.78 is 12.4. The molecule has 1 atom stereocenters. The van der Waals surface area contributed by atoms with Gasteiger partial charge in [-0.1, -0.05) is 45.2 Å². The number of hydrogen-bond donors (Lipinski definition) is 2. The van der Waals surface area contributed by atoms with E-state index in [1.807, 2.05) is 18.2 Å². The highest BCUT2D eigenvalue weighted by Crippen LogP contribution is 2.41. The highest BCUT2D eigenvalue weighted by Gasteiger charge is 2.29. The molecule has 34 heavy (non-hydrogen) atoms. The van der Waals surface area contributed by atoms with Crippen LogP contribution in [0.5, 0.6) is 17.2 Å². The predicted molar refractivity (Wildman–Crippen MR) is 134 cm³/mol. The van der Waals surface area contributed by atoms with Gasteiger partial charge in [0.25, 0.3) is 5.91 Å². The summed E-state index contributed by atoms with van der Waals surface area (Å²) in [5.74, 6) is -0.498. The van der Waals surface area contributed by atoms with E-state index in [2.05, 4.69) is 21.2 Å². The average Bonchev–Trinajstić information content (AvgIpc) is 2.81. The average molecular weight is 565 g/mol. The van der Waals surface area contributed by atoms with Crippen LogP contribution in [0.15, 0.2) is 59.1 Å². The Bertz CT molecular complexity index is 1230. The Morgan fingerprint density at radius 3 is 2.59 bits per heavy atom. The Kier molecular flexibility index (Phi) is 7.66. The van der Waals surface area contributed by atoms with Crippen LogP contribution in [0.1, 0.15) is 33.8 Å². The molecule has 2 N–H and O–H groups in total. The van der Waals surface area contributed by atoms with Crippen molar-refractivity contribution in [2.24, 2.45) is 0 Å². The number of aliphatic carboxylic acids is 1. The number of amides is 1. The van der Waals surface area contributed by atoms with E-state index >= 15 is 0 Å². The molecule has 3 aromatic rings. The zero-order valence-electron chi connectivity index (χ0n) is 17.8. The zero-order valence-corrected chi connectivity index (χ0v) is 20.9. The molecule has 0 fully saturated rings. The van der Waals surface area contributed by atoms with Crippen molar-refractivity contribution in [3.8, 4) is 17.2 Å². The molecule has 0 aliphatic carbocycles. The van der Waals surface area contributed by atoms with Gasteiger partial charge in [-0.3, -0.25) is 9.59 Å². The van der Waals surface area contributed by atoms with Crippen LogP contribution in [0.2, 0.25) is 10.0 Å². The van der Waals surface area contributed by atoms with Gasteiger partial charge in [0.15, 0.2) is 0 Å². The van der Waals surface area contributed by atoms with E-state index in [1.54, 1.807) is 36.4 Å². The highest BCUT2D eigenvalue weighted by atomic mass is 79.9. The molecule has 1 aliphatic rings. The number of benzene rings is 3. The molecule has 0 aromatic heterocycles. The fourth-order valence-corrected chi connectivity index (χ4v) is 4.75. The summed E-state index contributed by atoms with van der Waals surface area (Å²) in [5.41, 5.74) is 2.08. The van der Waals surface area contributed by atoms with Gasteiger partial charge in [-0.05, 0) is 60.9 Å². The Hall–Kier alpha value is -2.74. The predicted octanol–water partition coefficient (Wildman–Crippen LogP) is 6.47. The number of carboxylic acids is 1. The molecule has 6 nitrogen and oxygen atoms in total. The molecule has 1 unspecified atom stereocenters. The molecule has 176 valence electrons. The number of carboxylic acid groups (broad SMARTS) is 1. The first-order valence-corrected chi connectivity index (χ1v) is 12.1. The lowest BCUT2D eigenvalue weighted by Gasteiger charge is -2.24. The van der Waals surface area contributed by atoms with Crippen molar-refractivity contribution in [3.63, 3.8) is 0 Å². The maximum atomic E-state index is 12.5. The molecule has 4 rings (SSSR count). The van der Waals surface area contributed by atoms with Gasteiger partial charge in [0.05, 0.1) is 17.5 Å². The zero-order chi connectivity index (χ0) is 24.2. The Morgan fingerprint density at radius 1 is 1.12 bits per heavy atom. The highest BCUT2D eigenvalue weighted by molar-refractivity contribution is 9.10. The van der Waals surface area contributed by atoms with Crippen LogP contribution in [0.25, 0.3) is 0 Å². The van der Waals surface area contributed by atoms with Crippen molar-refractivity contribution in [1.82, 2.24) is 5.32 Å². The van der Waals surface area contributed by atoms with E-state index in [9.17, 15) is 14.7 Å². The van der Waals surface area contributed by atoms with Crippen molar-refractivity contribution >= 4 is 51.0 Å². The van der Waals surface area contributed by atoms with Crippen LogP contribution in [0.3, 0.4) is 0 Å². The lowest BCUT2D eigenvalue weighted by atomic mass is 9.93. The lowest BCUT2D eigenvalue weighted by molar-refractivity contribution is -0.139. The van der Waals surface area contributed by atoms with Gasteiger partial charge in [-0.2, -0.15) is 0 Å². The van der Waals surface area contributed by atoms with E-state index in [-0.39, 0.29) is 10.9 Å². The third-order valence-electron chi connectivity index (χ3n) is 5.44. The second kappa shape index (κ2) is 10.7. The lowest BCUT2D eigenvalue weighted by Crippen LogP contribution is -2.25. The largest absolute Gasteiger partial charge is 0.493 e. The van der Waals surface area contributed by atoms with Gasteiger partial charge in [0, 0.05) is 33.2 Å². The minimum Gasteiger partial charge on any atom is -0.493 e. The first-order chi connectivity index (χ1) is 16.3. The molecule has 0 spiro atoms. The standard InChI is InChI=1S/C25H20BrCl2NO5/c26-20-11-16(27)4-1-14(20)7-9-29-24(30)15-2-5-17(6-3-15)34-23-13-22-19(12-21(23)28)18(25(31)32)8-10-33-22/h1-6,11-13,18H,7-10H2,(H,29,30)(H,31,32). The van der Waals surface area contributed by atoms with Gasteiger partial charge in [0.1, 0.15) is 17.2 Å².